The topological polar surface area (TPSA) is 95.6 Å². The van der Waals surface area contributed by atoms with Crippen molar-refractivity contribution in [1.82, 2.24) is 5.32 Å². The molecule has 2 amide bonds. The van der Waals surface area contributed by atoms with E-state index in [-0.39, 0.29) is 16.8 Å². The van der Waals surface area contributed by atoms with Crippen LogP contribution < -0.4 is 14.9 Å². The van der Waals surface area contributed by atoms with Gasteiger partial charge in [0.2, 0.25) is 5.91 Å². The first-order chi connectivity index (χ1) is 16.1. The van der Waals surface area contributed by atoms with Gasteiger partial charge in [-0.1, -0.05) is 48.0 Å². The summed E-state index contributed by atoms with van der Waals surface area (Å²) in [5, 5.41) is 5.51. The zero-order chi connectivity index (χ0) is 24.9. The Bertz CT molecular complexity index is 1290. The van der Waals surface area contributed by atoms with E-state index in [0.29, 0.717) is 16.9 Å². The average Bonchev–Trinajstić information content (AvgIpc) is 2.78. The highest BCUT2D eigenvalue weighted by Gasteiger charge is 2.28. The summed E-state index contributed by atoms with van der Waals surface area (Å²) in [6.07, 6.45) is 0. The number of amides is 2. The molecule has 0 aliphatic carbocycles. The highest BCUT2D eigenvalue weighted by atomic mass is 32.2. The Balaban J connectivity index is 1.96. The number of nitrogens with one attached hydrogen (secondary N) is 2. The van der Waals surface area contributed by atoms with Gasteiger partial charge in [0.1, 0.15) is 6.54 Å². The molecule has 0 bridgehead atoms. The van der Waals surface area contributed by atoms with Crippen LogP contribution in [0, 0.1) is 13.8 Å². The van der Waals surface area contributed by atoms with Crippen molar-refractivity contribution in [2.75, 3.05) is 16.2 Å². The summed E-state index contributed by atoms with van der Waals surface area (Å²) in [4.78, 5) is 25.7. The Labute approximate surface area is 200 Å². The number of rotatable bonds is 8. The molecule has 0 unspecified atom stereocenters. The second kappa shape index (κ2) is 10.5. The average molecular weight is 480 g/mol. The molecule has 0 saturated heterocycles. The number of aryl methyl sites for hydroxylation is 2. The number of benzene rings is 3. The second-order valence-electron chi connectivity index (χ2n) is 8.34. The molecule has 2 N–H and O–H groups in total. The number of carbonyl (C=O) groups excluding carboxylic acids is 2. The SMILES string of the molecule is Cc1ccc(N(CC(=O)Nc2ccccc2C(=O)NC(C)C)S(=O)(=O)c2ccccc2)c(C)c1. The summed E-state index contributed by atoms with van der Waals surface area (Å²) in [5.74, 6) is -0.890. The van der Waals surface area contributed by atoms with Crippen molar-refractivity contribution < 1.29 is 18.0 Å². The van der Waals surface area contributed by atoms with Crippen LogP contribution in [0.15, 0.2) is 77.7 Å². The van der Waals surface area contributed by atoms with Gasteiger partial charge < -0.3 is 10.6 Å². The lowest BCUT2D eigenvalue weighted by atomic mass is 10.1. The predicted molar refractivity (Wildman–Crippen MR) is 135 cm³/mol. The fourth-order valence-corrected chi connectivity index (χ4v) is 5.06. The summed E-state index contributed by atoms with van der Waals surface area (Å²) >= 11 is 0. The summed E-state index contributed by atoms with van der Waals surface area (Å²) in [5.41, 5.74) is 2.73. The quantitative estimate of drug-likeness (QED) is 0.504. The monoisotopic (exact) mass is 479 g/mol. The molecular formula is C26H29N3O4S. The van der Waals surface area contributed by atoms with Crippen molar-refractivity contribution in [2.45, 2.75) is 38.6 Å². The second-order valence-corrected chi connectivity index (χ2v) is 10.2. The highest BCUT2D eigenvalue weighted by molar-refractivity contribution is 7.92. The number of sulfonamides is 1. The lowest BCUT2D eigenvalue weighted by Crippen LogP contribution is -2.39. The summed E-state index contributed by atoms with van der Waals surface area (Å²) in [7, 11) is -4.03. The molecule has 34 heavy (non-hydrogen) atoms. The highest BCUT2D eigenvalue weighted by Crippen LogP contribution is 2.28. The van der Waals surface area contributed by atoms with Crippen molar-refractivity contribution in [2.24, 2.45) is 0 Å². The minimum atomic E-state index is -4.03. The molecule has 0 aliphatic heterocycles. The Morgan fingerprint density at radius 2 is 1.56 bits per heavy atom. The first-order valence-corrected chi connectivity index (χ1v) is 12.4. The molecule has 3 rings (SSSR count). The molecule has 178 valence electrons. The van der Waals surface area contributed by atoms with Crippen LogP contribution in [0.2, 0.25) is 0 Å². The third kappa shape index (κ3) is 5.82. The Kier molecular flexibility index (Phi) is 7.73. The Morgan fingerprint density at radius 1 is 0.912 bits per heavy atom. The Morgan fingerprint density at radius 3 is 2.21 bits per heavy atom. The van der Waals surface area contributed by atoms with Crippen LogP contribution >= 0.6 is 0 Å². The summed E-state index contributed by atoms with van der Waals surface area (Å²) < 4.78 is 28.2. The van der Waals surface area contributed by atoms with Crippen LogP contribution in [-0.4, -0.2) is 32.8 Å². The van der Waals surface area contributed by atoms with Gasteiger partial charge in [-0.3, -0.25) is 13.9 Å². The molecule has 0 aliphatic rings. The molecule has 0 radical (unpaired) electrons. The Hall–Kier alpha value is -3.65. The van der Waals surface area contributed by atoms with E-state index >= 15 is 0 Å². The van der Waals surface area contributed by atoms with Crippen molar-refractivity contribution in [1.29, 1.82) is 0 Å². The summed E-state index contributed by atoms with van der Waals surface area (Å²) in [6.45, 7) is 6.95. The van der Waals surface area contributed by atoms with E-state index in [2.05, 4.69) is 10.6 Å². The number of nitrogens with zero attached hydrogens (tertiary/aromatic N) is 1. The molecule has 0 spiro atoms. The fraction of sp³-hybridized carbons (Fsp3) is 0.231. The molecule has 0 saturated carbocycles. The lowest BCUT2D eigenvalue weighted by molar-refractivity contribution is -0.114. The molecule has 3 aromatic carbocycles. The molecular weight excluding hydrogens is 450 g/mol. The molecule has 8 heteroatoms. The molecule has 3 aromatic rings. The van der Waals surface area contributed by atoms with E-state index < -0.39 is 22.5 Å². The standard InChI is InChI=1S/C26H29N3O4S/c1-18(2)27-26(31)22-12-8-9-13-23(22)28-25(30)17-29(24-15-14-19(3)16-20(24)4)34(32,33)21-10-6-5-7-11-21/h5-16,18H,17H2,1-4H3,(H,27,31)(H,28,30). The van der Waals surface area contributed by atoms with Gasteiger partial charge in [0, 0.05) is 6.04 Å². The molecule has 0 aromatic heterocycles. The van der Waals surface area contributed by atoms with Gasteiger partial charge in [-0.05, 0) is 63.6 Å². The minimum Gasteiger partial charge on any atom is -0.350 e. The van der Waals surface area contributed by atoms with Gasteiger partial charge in [-0.15, -0.1) is 0 Å². The van der Waals surface area contributed by atoms with E-state index in [0.717, 1.165) is 15.4 Å². The van der Waals surface area contributed by atoms with E-state index in [1.54, 1.807) is 61.5 Å². The number of hydrogen-bond acceptors (Lipinski definition) is 4. The van der Waals surface area contributed by atoms with Gasteiger partial charge >= 0.3 is 0 Å². The van der Waals surface area contributed by atoms with Crippen molar-refractivity contribution in [3.05, 3.63) is 89.5 Å². The zero-order valence-corrected chi connectivity index (χ0v) is 20.5. The first kappa shape index (κ1) is 25.0. The van der Waals surface area contributed by atoms with Crippen LogP contribution in [0.4, 0.5) is 11.4 Å². The van der Waals surface area contributed by atoms with Gasteiger partial charge in [0.05, 0.1) is 21.8 Å². The van der Waals surface area contributed by atoms with E-state index in [9.17, 15) is 18.0 Å². The maximum absolute atomic E-state index is 13.5. The van der Waals surface area contributed by atoms with Crippen LogP contribution in [0.1, 0.15) is 35.3 Å². The van der Waals surface area contributed by atoms with E-state index in [1.807, 2.05) is 26.8 Å². The predicted octanol–water partition coefficient (Wildman–Crippen LogP) is 4.28. The third-order valence-electron chi connectivity index (χ3n) is 5.10. The molecule has 0 fully saturated rings. The molecule has 7 nitrogen and oxygen atoms in total. The summed E-state index contributed by atoms with van der Waals surface area (Å²) in [6, 6.07) is 19.9. The molecule has 0 atom stereocenters. The van der Waals surface area contributed by atoms with Gasteiger partial charge in [0.15, 0.2) is 0 Å². The number of anilines is 2. The largest absolute Gasteiger partial charge is 0.350 e. The van der Waals surface area contributed by atoms with Crippen LogP contribution in [0.5, 0.6) is 0 Å². The minimum absolute atomic E-state index is 0.0766. The van der Waals surface area contributed by atoms with Crippen molar-refractivity contribution in [3.63, 3.8) is 0 Å². The van der Waals surface area contributed by atoms with Crippen molar-refractivity contribution >= 4 is 33.2 Å². The van der Waals surface area contributed by atoms with Crippen LogP contribution in [-0.2, 0) is 14.8 Å². The number of para-hydroxylation sites is 1. The maximum Gasteiger partial charge on any atom is 0.264 e. The van der Waals surface area contributed by atoms with Crippen molar-refractivity contribution in [3.8, 4) is 0 Å². The fourth-order valence-electron chi connectivity index (χ4n) is 3.55. The number of hydrogen-bond donors (Lipinski definition) is 2. The smallest absolute Gasteiger partial charge is 0.264 e. The lowest BCUT2D eigenvalue weighted by Gasteiger charge is -2.26. The number of carbonyl (C=O) groups is 2. The van der Waals surface area contributed by atoms with Gasteiger partial charge in [0.25, 0.3) is 15.9 Å². The third-order valence-corrected chi connectivity index (χ3v) is 6.88. The van der Waals surface area contributed by atoms with Gasteiger partial charge in [-0.25, -0.2) is 8.42 Å². The van der Waals surface area contributed by atoms with Crippen LogP contribution in [0.25, 0.3) is 0 Å². The van der Waals surface area contributed by atoms with E-state index in [1.165, 1.54) is 12.1 Å². The first-order valence-electron chi connectivity index (χ1n) is 10.9. The van der Waals surface area contributed by atoms with Gasteiger partial charge in [-0.2, -0.15) is 0 Å². The normalized spacial score (nSPS) is 11.2. The zero-order valence-electron chi connectivity index (χ0n) is 19.7. The van der Waals surface area contributed by atoms with E-state index in [4.69, 9.17) is 0 Å². The molecule has 0 heterocycles. The van der Waals surface area contributed by atoms with Crippen LogP contribution in [0.3, 0.4) is 0 Å². The maximum atomic E-state index is 13.5.